The predicted octanol–water partition coefficient (Wildman–Crippen LogP) is 2.79. The number of nitrogens with two attached hydrogens (primary N) is 1. The minimum atomic E-state index is 0.175. The second-order valence-corrected chi connectivity index (χ2v) is 4.48. The Kier molecular flexibility index (Phi) is 1.88. The van der Waals surface area contributed by atoms with Crippen LogP contribution in [0.5, 0.6) is 5.75 Å². The third-order valence-electron chi connectivity index (χ3n) is 1.71. The van der Waals surface area contributed by atoms with E-state index in [9.17, 15) is 5.11 Å². The number of halogens is 1. The monoisotopic (exact) mass is 291 g/mol. The van der Waals surface area contributed by atoms with Gasteiger partial charge in [0, 0.05) is 13.7 Å². The maximum Gasteiger partial charge on any atom is 0.141 e. The molecule has 0 aliphatic heterocycles. The van der Waals surface area contributed by atoms with Gasteiger partial charge >= 0.3 is 0 Å². The lowest BCUT2D eigenvalue weighted by Crippen LogP contribution is -1.89. The molecule has 2 nitrogen and oxygen atoms in total. The van der Waals surface area contributed by atoms with Gasteiger partial charge in [0.25, 0.3) is 0 Å². The third-order valence-corrected chi connectivity index (χ3v) is 3.74. The molecule has 12 heavy (non-hydrogen) atoms. The molecule has 0 atom stereocenters. The van der Waals surface area contributed by atoms with Crippen molar-refractivity contribution in [2.24, 2.45) is 0 Å². The van der Waals surface area contributed by atoms with E-state index in [0.717, 1.165) is 13.7 Å². The Balaban J connectivity index is 2.94. The summed E-state index contributed by atoms with van der Waals surface area (Å²) >= 11 is 3.75. The van der Waals surface area contributed by atoms with Gasteiger partial charge in [-0.05, 0) is 40.1 Å². The first-order valence-electron chi connectivity index (χ1n) is 3.34. The summed E-state index contributed by atoms with van der Waals surface area (Å²) in [5.74, 6) is 0.175. The van der Waals surface area contributed by atoms with Crippen LogP contribution in [0.3, 0.4) is 0 Å². The summed E-state index contributed by atoms with van der Waals surface area (Å²) in [4.78, 5) is 0. The maximum absolute atomic E-state index is 9.39. The molecule has 62 valence electrons. The smallest absolute Gasteiger partial charge is 0.141 e. The van der Waals surface area contributed by atoms with Crippen LogP contribution in [-0.4, -0.2) is 5.11 Å². The van der Waals surface area contributed by atoms with Crippen molar-refractivity contribution in [3.8, 4) is 5.75 Å². The van der Waals surface area contributed by atoms with Crippen LogP contribution < -0.4 is 5.73 Å². The molecule has 4 heteroatoms. The zero-order chi connectivity index (χ0) is 8.72. The fourth-order valence-electron chi connectivity index (χ4n) is 1.07. The summed E-state index contributed by atoms with van der Waals surface area (Å²) in [6.07, 6.45) is 0. The summed E-state index contributed by atoms with van der Waals surface area (Å²) in [5, 5.41) is 12.5. The van der Waals surface area contributed by atoms with E-state index in [-0.39, 0.29) is 5.75 Å². The SMILES string of the molecule is Nc1c(O)cc2sccc2c1I. The van der Waals surface area contributed by atoms with Crippen molar-refractivity contribution in [1.82, 2.24) is 0 Å². The molecular formula is C8H6INOS. The first-order valence-corrected chi connectivity index (χ1v) is 5.30. The largest absolute Gasteiger partial charge is 0.506 e. The van der Waals surface area contributed by atoms with E-state index in [4.69, 9.17) is 5.73 Å². The highest BCUT2D eigenvalue weighted by Gasteiger charge is 2.07. The second kappa shape index (κ2) is 2.77. The fraction of sp³-hybridized carbons (Fsp3) is 0. The van der Waals surface area contributed by atoms with Crippen LogP contribution in [0.4, 0.5) is 5.69 Å². The Morgan fingerprint density at radius 1 is 1.50 bits per heavy atom. The van der Waals surface area contributed by atoms with E-state index in [2.05, 4.69) is 22.6 Å². The molecule has 0 aliphatic carbocycles. The summed E-state index contributed by atoms with van der Waals surface area (Å²) in [6.45, 7) is 0. The summed E-state index contributed by atoms with van der Waals surface area (Å²) in [7, 11) is 0. The number of phenolic OH excluding ortho intramolecular Hbond substituents is 1. The molecule has 0 aliphatic rings. The van der Waals surface area contributed by atoms with E-state index in [1.165, 1.54) is 0 Å². The molecule has 0 spiro atoms. The minimum absolute atomic E-state index is 0.175. The van der Waals surface area contributed by atoms with E-state index in [1.54, 1.807) is 17.4 Å². The Hall–Kier alpha value is -0.490. The Labute approximate surface area is 87.1 Å². The zero-order valence-corrected chi connectivity index (χ0v) is 9.02. The molecule has 1 heterocycles. The molecule has 0 bridgehead atoms. The van der Waals surface area contributed by atoms with Gasteiger partial charge in [-0.1, -0.05) is 0 Å². The number of aromatic hydroxyl groups is 1. The fourth-order valence-corrected chi connectivity index (χ4v) is 2.83. The second-order valence-electron chi connectivity index (χ2n) is 2.46. The van der Waals surface area contributed by atoms with Crippen LogP contribution in [0.25, 0.3) is 10.1 Å². The van der Waals surface area contributed by atoms with Gasteiger partial charge < -0.3 is 10.8 Å². The number of nitrogen functional groups attached to an aromatic ring is 1. The number of thiophene rings is 1. The molecular weight excluding hydrogens is 285 g/mol. The van der Waals surface area contributed by atoms with Crippen LogP contribution >= 0.6 is 33.9 Å². The van der Waals surface area contributed by atoms with Gasteiger partial charge in [0.15, 0.2) is 0 Å². The van der Waals surface area contributed by atoms with Crippen molar-refractivity contribution in [2.75, 3.05) is 5.73 Å². The lowest BCUT2D eigenvalue weighted by atomic mass is 10.2. The van der Waals surface area contributed by atoms with Gasteiger partial charge in [-0.2, -0.15) is 0 Å². The van der Waals surface area contributed by atoms with Crippen molar-refractivity contribution in [1.29, 1.82) is 0 Å². The number of hydrogen-bond donors (Lipinski definition) is 2. The van der Waals surface area contributed by atoms with Crippen LogP contribution in [0.2, 0.25) is 0 Å². The number of phenols is 1. The van der Waals surface area contributed by atoms with Crippen molar-refractivity contribution in [2.45, 2.75) is 0 Å². The average Bonchev–Trinajstić information content (AvgIpc) is 2.48. The quantitative estimate of drug-likeness (QED) is 0.445. The van der Waals surface area contributed by atoms with E-state index in [1.807, 2.05) is 11.4 Å². The number of benzene rings is 1. The normalized spacial score (nSPS) is 10.8. The van der Waals surface area contributed by atoms with Crippen molar-refractivity contribution >= 4 is 49.7 Å². The van der Waals surface area contributed by atoms with Gasteiger partial charge in [-0.25, -0.2) is 0 Å². The summed E-state index contributed by atoms with van der Waals surface area (Å²) in [6, 6.07) is 3.72. The van der Waals surface area contributed by atoms with Crippen LogP contribution in [0.15, 0.2) is 17.5 Å². The lowest BCUT2D eigenvalue weighted by Gasteiger charge is -2.02. The topological polar surface area (TPSA) is 46.2 Å². The van der Waals surface area contributed by atoms with Gasteiger partial charge in [0.2, 0.25) is 0 Å². The highest BCUT2D eigenvalue weighted by atomic mass is 127. The standard InChI is InChI=1S/C8H6INOS/c9-7-4-1-2-12-6(4)3-5(11)8(7)10/h1-3,11H,10H2. The highest BCUT2D eigenvalue weighted by molar-refractivity contribution is 14.1. The van der Waals surface area contributed by atoms with E-state index < -0.39 is 0 Å². The molecule has 2 rings (SSSR count). The van der Waals surface area contributed by atoms with E-state index in [0.29, 0.717) is 5.69 Å². The van der Waals surface area contributed by atoms with Crippen molar-refractivity contribution in [3.05, 3.63) is 21.1 Å². The Bertz CT molecular complexity index is 438. The average molecular weight is 291 g/mol. The van der Waals surface area contributed by atoms with Crippen LogP contribution in [0.1, 0.15) is 0 Å². The molecule has 2 aromatic rings. The number of rotatable bonds is 0. The predicted molar refractivity (Wildman–Crippen MR) is 60.6 cm³/mol. The minimum Gasteiger partial charge on any atom is -0.506 e. The Morgan fingerprint density at radius 2 is 2.25 bits per heavy atom. The molecule has 0 amide bonds. The molecule has 0 fully saturated rings. The number of fused-ring (bicyclic) bond motifs is 1. The van der Waals surface area contributed by atoms with Gasteiger partial charge in [0.1, 0.15) is 5.75 Å². The van der Waals surface area contributed by atoms with Crippen molar-refractivity contribution < 1.29 is 5.11 Å². The first kappa shape index (κ1) is 8.12. The van der Waals surface area contributed by atoms with Crippen LogP contribution in [0, 0.1) is 3.57 Å². The van der Waals surface area contributed by atoms with Gasteiger partial charge in [0.05, 0.1) is 5.69 Å². The van der Waals surface area contributed by atoms with Crippen molar-refractivity contribution in [3.63, 3.8) is 0 Å². The lowest BCUT2D eigenvalue weighted by molar-refractivity contribution is 0.478. The van der Waals surface area contributed by atoms with Crippen LogP contribution in [-0.2, 0) is 0 Å². The molecule has 0 unspecified atom stereocenters. The molecule has 0 radical (unpaired) electrons. The summed E-state index contributed by atoms with van der Waals surface area (Å²) in [5.41, 5.74) is 6.13. The number of anilines is 1. The molecule has 1 aromatic heterocycles. The highest BCUT2D eigenvalue weighted by Crippen LogP contribution is 2.35. The Morgan fingerprint density at radius 3 is 3.00 bits per heavy atom. The molecule has 1 aromatic carbocycles. The third kappa shape index (κ3) is 1.06. The molecule has 3 N–H and O–H groups in total. The van der Waals surface area contributed by atoms with Gasteiger partial charge in [-0.3, -0.25) is 0 Å². The summed E-state index contributed by atoms with van der Waals surface area (Å²) < 4.78 is 2.01. The van der Waals surface area contributed by atoms with Gasteiger partial charge in [-0.15, -0.1) is 11.3 Å². The maximum atomic E-state index is 9.39. The number of hydrogen-bond acceptors (Lipinski definition) is 3. The van der Waals surface area contributed by atoms with E-state index >= 15 is 0 Å². The first-order chi connectivity index (χ1) is 5.70. The molecule has 0 saturated heterocycles. The molecule has 0 saturated carbocycles. The zero-order valence-electron chi connectivity index (χ0n) is 6.04.